The van der Waals surface area contributed by atoms with E-state index in [-0.39, 0.29) is 22.6 Å². The molecule has 1 N–H and O–H groups in total. The summed E-state index contributed by atoms with van der Waals surface area (Å²) in [5.74, 6) is 1.19. The molecule has 0 bridgehead atoms. The molecule has 2 fully saturated rings. The van der Waals surface area contributed by atoms with E-state index in [0.717, 1.165) is 89.4 Å². The third kappa shape index (κ3) is 6.41. The third-order valence-corrected chi connectivity index (χ3v) is 6.47. The van der Waals surface area contributed by atoms with E-state index >= 15 is 0 Å². The van der Waals surface area contributed by atoms with Gasteiger partial charge < -0.3 is 15.1 Å². The van der Waals surface area contributed by atoms with Crippen LogP contribution in [0.15, 0.2) is 29.3 Å². The zero-order valence-electron chi connectivity index (χ0n) is 19.3. The van der Waals surface area contributed by atoms with E-state index in [1.54, 1.807) is 12.1 Å². The summed E-state index contributed by atoms with van der Waals surface area (Å²) in [5, 5.41) is 14.2. The molecule has 9 heteroatoms. The standard InChI is InChI=1S/C23H36N6O3/c1-19(22(30)27-13-5-6-14-27)26-15-17-28(18-16-26)23(24-2)25-12-4-3-7-20-8-10-21(11-9-20)29(31)32/h8-11,19H,3-7,12-18H2,1-2H3,(H,24,25). The van der Waals surface area contributed by atoms with Crippen molar-refractivity contribution in [3.05, 3.63) is 39.9 Å². The number of piperazine rings is 1. The first-order chi connectivity index (χ1) is 15.5. The Labute approximate surface area is 190 Å². The van der Waals surface area contributed by atoms with Crippen LogP contribution in [-0.2, 0) is 11.2 Å². The second kappa shape index (κ2) is 11.8. The highest BCUT2D eigenvalue weighted by Gasteiger charge is 2.30. The molecule has 176 valence electrons. The first-order valence-electron chi connectivity index (χ1n) is 11.7. The molecule has 2 saturated heterocycles. The number of nitrogens with one attached hydrogen (secondary N) is 1. The SMILES string of the molecule is CN=C(NCCCCc1ccc([N+](=O)[O-])cc1)N1CCN(C(C)C(=O)N2CCCC2)CC1. The van der Waals surface area contributed by atoms with Crippen molar-refractivity contribution >= 4 is 17.6 Å². The molecular formula is C23H36N6O3. The highest BCUT2D eigenvalue weighted by Crippen LogP contribution is 2.15. The van der Waals surface area contributed by atoms with Gasteiger partial charge >= 0.3 is 0 Å². The fourth-order valence-electron chi connectivity index (χ4n) is 4.45. The van der Waals surface area contributed by atoms with Gasteiger partial charge in [-0.25, -0.2) is 0 Å². The van der Waals surface area contributed by atoms with E-state index in [2.05, 4.69) is 20.1 Å². The van der Waals surface area contributed by atoms with E-state index in [0.29, 0.717) is 0 Å². The summed E-state index contributed by atoms with van der Waals surface area (Å²) in [6.07, 6.45) is 5.16. The molecule has 9 nitrogen and oxygen atoms in total. The Hall–Kier alpha value is -2.68. The van der Waals surface area contributed by atoms with Crippen LogP contribution >= 0.6 is 0 Å². The first kappa shape index (κ1) is 24.0. The van der Waals surface area contributed by atoms with Crippen molar-refractivity contribution in [2.75, 3.05) is 52.9 Å². The van der Waals surface area contributed by atoms with Gasteiger partial charge in [-0.3, -0.25) is 24.8 Å². The van der Waals surface area contributed by atoms with Gasteiger partial charge in [-0.15, -0.1) is 0 Å². The number of unbranched alkanes of at least 4 members (excludes halogenated alkanes) is 1. The van der Waals surface area contributed by atoms with Crippen LogP contribution in [0, 0.1) is 10.1 Å². The fourth-order valence-corrected chi connectivity index (χ4v) is 4.45. The van der Waals surface area contributed by atoms with Gasteiger partial charge in [-0.2, -0.15) is 0 Å². The number of nitrogens with zero attached hydrogens (tertiary/aromatic N) is 5. The molecule has 2 heterocycles. The van der Waals surface area contributed by atoms with Gasteiger partial charge in [-0.05, 0) is 44.6 Å². The average Bonchev–Trinajstić information content (AvgIpc) is 3.36. The van der Waals surface area contributed by atoms with Crippen LogP contribution in [0.2, 0.25) is 0 Å². The minimum absolute atomic E-state index is 0.0513. The molecule has 0 spiro atoms. The maximum absolute atomic E-state index is 12.7. The monoisotopic (exact) mass is 444 g/mol. The van der Waals surface area contributed by atoms with Gasteiger partial charge in [0.25, 0.3) is 5.69 Å². The number of nitro benzene ring substituents is 1. The second-order valence-corrected chi connectivity index (χ2v) is 8.59. The van der Waals surface area contributed by atoms with Crippen molar-refractivity contribution < 1.29 is 9.72 Å². The number of nitro groups is 1. The van der Waals surface area contributed by atoms with E-state index in [1.807, 2.05) is 31.0 Å². The molecule has 1 unspecified atom stereocenters. The summed E-state index contributed by atoms with van der Waals surface area (Å²) in [6.45, 7) is 8.13. The summed E-state index contributed by atoms with van der Waals surface area (Å²) in [7, 11) is 1.81. The number of carbonyl (C=O) groups is 1. The smallest absolute Gasteiger partial charge is 0.269 e. The molecular weight excluding hydrogens is 408 g/mol. The van der Waals surface area contributed by atoms with E-state index in [1.165, 1.54) is 0 Å². The van der Waals surface area contributed by atoms with Crippen LogP contribution in [0.5, 0.6) is 0 Å². The van der Waals surface area contributed by atoms with Crippen LogP contribution in [0.1, 0.15) is 38.2 Å². The zero-order chi connectivity index (χ0) is 22.9. The Morgan fingerprint density at radius 2 is 1.72 bits per heavy atom. The van der Waals surface area contributed by atoms with Crippen molar-refractivity contribution in [3.63, 3.8) is 0 Å². The molecule has 0 radical (unpaired) electrons. The number of guanidine groups is 1. The molecule has 1 atom stereocenters. The Balaban J connectivity index is 1.34. The van der Waals surface area contributed by atoms with Gasteiger partial charge in [0.05, 0.1) is 11.0 Å². The number of aryl methyl sites for hydroxylation is 1. The van der Waals surface area contributed by atoms with Crippen molar-refractivity contribution in [1.29, 1.82) is 0 Å². The summed E-state index contributed by atoms with van der Waals surface area (Å²) in [4.78, 5) is 34.0. The Kier molecular flexibility index (Phi) is 8.84. The third-order valence-electron chi connectivity index (χ3n) is 6.47. The number of carbonyl (C=O) groups excluding carboxylic acids is 1. The van der Waals surface area contributed by atoms with Gasteiger partial charge in [-0.1, -0.05) is 12.1 Å². The van der Waals surface area contributed by atoms with Crippen LogP contribution in [-0.4, -0.2) is 90.4 Å². The molecule has 0 saturated carbocycles. The quantitative estimate of drug-likeness (QED) is 0.217. The molecule has 2 aliphatic heterocycles. The number of rotatable bonds is 8. The predicted molar refractivity (Wildman–Crippen MR) is 126 cm³/mol. The van der Waals surface area contributed by atoms with Crippen molar-refractivity contribution in [2.45, 2.75) is 45.1 Å². The summed E-state index contributed by atoms with van der Waals surface area (Å²) in [5.41, 5.74) is 1.25. The zero-order valence-corrected chi connectivity index (χ0v) is 19.3. The lowest BCUT2D eigenvalue weighted by molar-refractivity contribution is -0.384. The maximum atomic E-state index is 12.7. The van der Waals surface area contributed by atoms with E-state index < -0.39 is 0 Å². The topological polar surface area (TPSA) is 94.3 Å². The highest BCUT2D eigenvalue weighted by molar-refractivity contribution is 5.82. The number of amides is 1. The summed E-state index contributed by atoms with van der Waals surface area (Å²) < 4.78 is 0. The van der Waals surface area contributed by atoms with Crippen molar-refractivity contribution in [3.8, 4) is 0 Å². The largest absolute Gasteiger partial charge is 0.356 e. The van der Waals surface area contributed by atoms with Gasteiger partial charge in [0.15, 0.2) is 5.96 Å². The van der Waals surface area contributed by atoms with E-state index in [4.69, 9.17) is 0 Å². The lowest BCUT2D eigenvalue weighted by Gasteiger charge is -2.39. The molecule has 0 aliphatic carbocycles. The average molecular weight is 445 g/mol. The number of hydrogen-bond acceptors (Lipinski definition) is 5. The molecule has 32 heavy (non-hydrogen) atoms. The minimum atomic E-state index is -0.370. The predicted octanol–water partition coefficient (Wildman–Crippen LogP) is 2.12. The normalized spacial score (nSPS) is 18.6. The van der Waals surface area contributed by atoms with E-state index in [9.17, 15) is 14.9 Å². The van der Waals surface area contributed by atoms with Crippen LogP contribution in [0.25, 0.3) is 0 Å². The van der Waals surface area contributed by atoms with Crippen molar-refractivity contribution in [1.82, 2.24) is 20.0 Å². The Bertz CT molecular complexity index is 783. The molecule has 2 aliphatic rings. The number of benzene rings is 1. The minimum Gasteiger partial charge on any atom is -0.356 e. The lowest BCUT2D eigenvalue weighted by atomic mass is 10.1. The van der Waals surface area contributed by atoms with Gasteiger partial charge in [0.1, 0.15) is 0 Å². The Morgan fingerprint density at radius 1 is 1.06 bits per heavy atom. The summed E-state index contributed by atoms with van der Waals surface area (Å²) >= 11 is 0. The lowest BCUT2D eigenvalue weighted by Crippen LogP contribution is -2.57. The second-order valence-electron chi connectivity index (χ2n) is 8.59. The number of likely N-dealkylation sites (tertiary alicyclic amines) is 1. The van der Waals surface area contributed by atoms with Crippen LogP contribution in [0.3, 0.4) is 0 Å². The maximum Gasteiger partial charge on any atom is 0.269 e. The van der Waals surface area contributed by atoms with Gasteiger partial charge in [0, 0.05) is 65.0 Å². The first-order valence-corrected chi connectivity index (χ1v) is 11.7. The van der Waals surface area contributed by atoms with Gasteiger partial charge in [0.2, 0.25) is 5.91 Å². The molecule has 1 amide bonds. The number of hydrogen-bond donors (Lipinski definition) is 1. The Morgan fingerprint density at radius 3 is 2.31 bits per heavy atom. The van der Waals surface area contributed by atoms with Crippen LogP contribution < -0.4 is 5.32 Å². The molecule has 0 aromatic heterocycles. The molecule has 1 aromatic rings. The van der Waals surface area contributed by atoms with Crippen LogP contribution in [0.4, 0.5) is 5.69 Å². The van der Waals surface area contributed by atoms with Crippen molar-refractivity contribution in [2.24, 2.45) is 4.99 Å². The number of non-ortho nitro benzene ring substituents is 1. The molecule has 3 rings (SSSR count). The number of aliphatic imine (C=N–C) groups is 1. The summed E-state index contributed by atoms with van der Waals surface area (Å²) in [6, 6.07) is 6.74. The highest BCUT2D eigenvalue weighted by atomic mass is 16.6. The molecule has 1 aromatic carbocycles. The fraction of sp³-hybridized carbons (Fsp3) is 0.652.